The minimum absolute atomic E-state index is 0.0450. The first-order valence-electron chi connectivity index (χ1n) is 10.4. The van der Waals surface area contributed by atoms with Gasteiger partial charge in [-0.25, -0.2) is 4.39 Å². The molecule has 2 fully saturated rings. The molecular weight excluding hydrogens is 399 g/mol. The molecule has 2 amide bonds. The molecule has 0 N–H and O–H groups in total. The molecule has 0 aromatic heterocycles. The van der Waals surface area contributed by atoms with Crippen LogP contribution in [-0.2, 0) is 21.0 Å². The first-order valence-corrected chi connectivity index (χ1v) is 11.2. The molecule has 1 spiro atoms. The summed E-state index contributed by atoms with van der Waals surface area (Å²) in [5, 5.41) is 0. The minimum Gasteiger partial charge on any atom is -0.314 e. The van der Waals surface area contributed by atoms with Crippen LogP contribution >= 0.6 is 11.8 Å². The van der Waals surface area contributed by atoms with Crippen molar-refractivity contribution in [3.8, 4) is 0 Å². The number of hydrogen-bond donors (Lipinski definition) is 0. The molecule has 4 nitrogen and oxygen atoms in total. The highest BCUT2D eigenvalue weighted by Crippen LogP contribution is 2.60. The quantitative estimate of drug-likeness (QED) is 0.723. The molecule has 0 unspecified atom stereocenters. The third-order valence-corrected chi connectivity index (χ3v) is 7.72. The van der Waals surface area contributed by atoms with E-state index in [4.69, 9.17) is 0 Å². The van der Waals surface area contributed by atoms with E-state index >= 15 is 0 Å². The van der Waals surface area contributed by atoms with Crippen LogP contribution in [-0.4, -0.2) is 28.0 Å². The fraction of sp³-hybridized carbons (Fsp3) is 0.417. The molecule has 30 heavy (non-hydrogen) atoms. The van der Waals surface area contributed by atoms with E-state index < -0.39 is 4.87 Å². The fourth-order valence-corrected chi connectivity index (χ4v) is 6.35. The molecule has 0 radical (unpaired) electrons. The van der Waals surface area contributed by atoms with E-state index in [2.05, 4.69) is 19.9 Å². The Labute approximate surface area is 180 Å². The lowest BCUT2D eigenvalue weighted by atomic mass is 10.0. The summed E-state index contributed by atoms with van der Waals surface area (Å²) in [6, 6.07) is 12.3. The highest BCUT2D eigenvalue weighted by Gasteiger charge is 2.64. The van der Waals surface area contributed by atoms with Crippen LogP contribution < -0.4 is 4.90 Å². The van der Waals surface area contributed by atoms with Crippen molar-refractivity contribution < 1.29 is 14.0 Å². The lowest BCUT2D eigenvalue weighted by Gasteiger charge is -2.33. The molecule has 5 rings (SSSR count). The summed E-state index contributed by atoms with van der Waals surface area (Å²) >= 11 is 1.59. The molecule has 1 saturated carbocycles. The Morgan fingerprint density at radius 3 is 2.53 bits per heavy atom. The van der Waals surface area contributed by atoms with E-state index in [1.165, 1.54) is 12.1 Å². The second-order valence-electron chi connectivity index (χ2n) is 9.24. The number of fused-ring (bicyclic) bond motifs is 2. The number of carbonyl (C=O) groups excluding carboxylic acids is 2. The summed E-state index contributed by atoms with van der Waals surface area (Å²) in [5.74, 6) is -0.230. The normalized spacial score (nSPS) is 24.6. The van der Waals surface area contributed by atoms with Crippen molar-refractivity contribution in [3.05, 3.63) is 65.0 Å². The lowest BCUT2D eigenvalue weighted by Crippen LogP contribution is -2.50. The van der Waals surface area contributed by atoms with Crippen LogP contribution in [0, 0.1) is 18.7 Å². The van der Waals surface area contributed by atoms with Gasteiger partial charge in [0.2, 0.25) is 5.91 Å². The number of anilines is 1. The Morgan fingerprint density at radius 2 is 1.87 bits per heavy atom. The van der Waals surface area contributed by atoms with Crippen LogP contribution in [0.5, 0.6) is 0 Å². The molecule has 2 aromatic rings. The van der Waals surface area contributed by atoms with Crippen molar-refractivity contribution in [1.29, 1.82) is 0 Å². The van der Waals surface area contributed by atoms with Gasteiger partial charge in [0, 0.05) is 22.8 Å². The van der Waals surface area contributed by atoms with Crippen LogP contribution in [0.3, 0.4) is 0 Å². The smallest absolute Gasteiger partial charge is 0.268 e. The second-order valence-corrected chi connectivity index (χ2v) is 11.1. The van der Waals surface area contributed by atoms with Gasteiger partial charge in [0.05, 0.1) is 12.2 Å². The first kappa shape index (κ1) is 19.6. The van der Waals surface area contributed by atoms with E-state index in [0.29, 0.717) is 13.1 Å². The van der Waals surface area contributed by atoms with Gasteiger partial charge >= 0.3 is 0 Å². The van der Waals surface area contributed by atoms with Crippen molar-refractivity contribution in [2.24, 2.45) is 5.92 Å². The highest BCUT2D eigenvalue weighted by molar-refractivity contribution is 8.02. The number of carbonyl (C=O) groups is 2. The fourth-order valence-electron chi connectivity index (χ4n) is 4.62. The third-order valence-electron chi connectivity index (χ3n) is 6.13. The van der Waals surface area contributed by atoms with Gasteiger partial charge in [-0.15, -0.1) is 11.8 Å². The van der Waals surface area contributed by atoms with Crippen LogP contribution in [0.4, 0.5) is 10.1 Å². The van der Waals surface area contributed by atoms with Crippen molar-refractivity contribution >= 4 is 29.3 Å². The zero-order chi connectivity index (χ0) is 21.3. The average Bonchev–Trinajstić information content (AvgIpc) is 3.47. The van der Waals surface area contributed by atoms with Gasteiger partial charge < -0.3 is 9.80 Å². The molecule has 0 bridgehead atoms. The van der Waals surface area contributed by atoms with Crippen molar-refractivity contribution in [2.75, 3.05) is 11.4 Å². The molecule has 6 heteroatoms. The van der Waals surface area contributed by atoms with E-state index in [9.17, 15) is 14.0 Å². The Morgan fingerprint density at radius 1 is 1.17 bits per heavy atom. The average molecular weight is 425 g/mol. The van der Waals surface area contributed by atoms with Gasteiger partial charge in [-0.1, -0.05) is 29.8 Å². The van der Waals surface area contributed by atoms with E-state index in [0.717, 1.165) is 35.2 Å². The summed E-state index contributed by atoms with van der Waals surface area (Å²) in [7, 11) is 0. The summed E-state index contributed by atoms with van der Waals surface area (Å²) < 4.78 is 13.2. The van der Waals surface area contributed by atoms with Crippen molar-refractivity contribution in [1.82, 2.24) is 4.90 Å². The van der Waals surface area contributed by atoms with Gasteiger partial charge in [0.1, 0.15) is 5.82 Å². The SMILES string of the molecule is Cc1ccc2c(c1)[C@]1(SC(C)(C)CN1C(=O)C1CC1)C(=O)N2Cc1ccc(F)cc1. The maximum atomic E-state index is 14.1. The summed E-state index contributed by atoms with van der Waals surface area (Å²) in [4.78, 5) is 29.9. The lowest BCUT2D eigenvalue weighted by molar-refractivity contribution is -0.141. The van der Waals surface area contributed by atoms with Crippen LogP contribution in [0.1, 0.15) is 43.4 Å². The molecule has 1 saturated heterocycles. The zero-order valence-corrected chi connectivity index (χ0v) is 18.3. The van der Waals surface area contributed by atoms with Crippen molar-refractivity contribution in [3.63, 3.8) is 0 Å². The Hall–Kier alpha value is -2.34. The highest BCUT2D eigenvalue weighted by atomic mass is 32.2. The van der Waals surface area contributed by atoms with Crippen molar-refractivity contribution in [2.45, 2.75) is 49.8 Å². The Kier molecular flexibility index (Phi) is 4.30. The van der Waals surface area contributed by atoms with Gasteiger partial charge in [-0.3, -0.25) is 9.59 Å². The maximum absolute atomic E-state index is 14.1. The van der Waals surface area contributed by atoms with E-state index in [1.54, 1.807) is 28.8 Å². The minimum atomic E-state index is -1.02. The molecule has 2 aliphatic heterocycles. The topological polar surface area (TPSA) is 40.6 Å². The van der Waals surface area contributed by atoms with Gasteiger partial charge in [0.15, 0.2) is 4.87 Å². The number of nitrogens with zero attached hydrogens (tertiary/aromatic N) is 2. The van der Waals surface area contributed by atoms with Gasteiger partial charge in [-0.2, -0.15) is 0 Å². The molecule has 156 valence electrons. The predicted octanol–water partition coefficient (Wildman–Crippen LogP) is 4.60. The monoisotopic (exact) mass is 424 g/mol. The number of rotatable bonds is 3. The second kappa shape index (κ2) is 6.58. The number of aryl methyl sites for hydroxylation is 1. The largest absolute Gasteiger partial charge is 0.314 e. The maximum Gasteiger partial charge on any atom is 0.268 e. The number of hydrogen-bond acceptors (Lipinski definition) is 3. The zero-order valence-electron chi connectivity index (χ0n) is 17.4. The van der Waals surface area contributed by atoms with Crippen LogP contribution in [0.2, 0.25) is 0 Å². The van der Waals surface area contributed by atoms with Gasteiger partial charge in [-0.05, 0) is 57.4 Å². The summed E-state index contributed by atoms with van der Waals surface area (Å²) in [5.41, 5.74) is 3.66. The summed E-state index contributed by atoms with van der Waals surface area (Å²) in [6.07, 6.45) is 1.81. The van der Waals surface area contributed by atoms with Gasteiger partial charge in [0.25, 0.3) is 5.91 Å². The number of benzene rings is 2. The Balaban J connectivity index is 1.63. The number of amides is 2. The molecular formula is C24H25FN2O2S. The van der Waals surface area contributed by atoms with E-state index in [-0.39, 0.29) is 28.3 Å². The van der Waals surface area contributed by atoms with Crippen LogP contribution in [0.25, 0.3) is 0 Å². The standard InChI is InChI=1S/C24H25FN2O2S/c1-15-4-11-20-19(12-15)24(22(29)26(20)13-16-5-9-18(25)10-6-16)27(14-23(2,3)30-24)21(28)17-7-8-17/h4-6,9-12,17H,7-8,13-14H2,1-3H3/t24-/m0/s1. The molecule has 2 aromatic carbocycles. The number of thioether (sulfide) groups is 1. The predicted molar refractivity (Wildman–Crippen MR) is 117 cm³/mol. The molecule has 2 heterocycles. The molecule has 1 aliphatic carbocycles. The van der Waals surface area contributed by atoms with Crippen LogP contribution in [0.15, 0.2) is 42.5 Å². The summed E-state index contributed by atoms with van der Waals surface area (Å²) in [6.45, 7) is 7.12. The third kappa shape index (κ3) is 2.96. The molecule has 3 aliphatic rings. The van der Waals surface area contributed by atoms with E-state index in [1.807, 2.05) is 24.0 Å². The number of halogens is 1. The Bertz CT molecular complexity index is 1050. The first-order chi connectivity index (χ1) is 14.2. The molecule has 1 atom stereocenters.